The molecule has 0 bridgehead atoms. The monoisotopic (exact) mass is 337 g/mol. The first-order valence-electron chi connectivity index (χ1n) is 8.57. The van der Waals surface area contributed by atoms with E-state index in [2.05, 4.69) is 10.6 Å². The van der Waals surface area contributed by atoms with E-state index in [1.165, 1.54) is 0 Å². The lowest BCUT2D eigenvalue weighted by molar-refractivity contribution is -0.313. The summed E-state index contributed by atoms with van der Waals surface area (Å²) in [5, 5.41) is 17.3. The summed E-state index contributed by atoms with van der Waals surface area (Å²) >= 11 is 0. The molecule has 2 N–H and O–H groups in total. The number of para-hydroxylation sites is 1. The second kappa shape index (κ2) is 7.83. The number of amides is 1. The number of carbonyl (C=O) groups is 2. The van der Waals surface area contributed by atoms with Gasteiger partial charge in [-0.15, -0.1) is 0 Å². The van der Waals surface area contributed by atoms with Crippen LogP contribution in [0.2, 0.25) is 0 Å². The third kappa shape index (κ3) is 4.38. The number of aliphatic carboxylic acids is 1. The molecule has 1 fully saturated rings. The molecular formula is C20H21N2O3-. The van der Waals surface area contributed by atoms with Crippen molar-refractivity contribution in [2.24, 2.45) is 11.8 Å². The van der Waals surface area contributed by atoms with E-state index in [4.69, 9.17) is 0 Å². The van der Waals surface area contributed by atoms with Gasteiger partial charge in [0.05, 0.1) is 0 Å². The Morgan fingerprint density at radius 1 is 0.800 bits per heavy atom. The number of carbonyl (C=O) groups excluding carboxylic acids is 2. The van der Waals surface area contributed by atoms with Gasteiger partial charge in [-0.25, -0.2) is 0 Å². The molecule has 0 aromatic heterocycles. The Bertz CT molecular complexity index is 728. The fourth-order valence-corrected chi connectivity index (χ4v) is 3.29. The smallest absolute Gasteiger partial charge is 0.228 e. The predicted molar refractivity (Wildman–Crippen MR) is 95.3 cm³/mol. The van der Waals surface area contributed by atoms with E-state index < -0.39 is 17.8 Å². The lowest BCUT2D eigenvalue weighted by Gasteiger charge is -2.31. The van der Waals surface area contributed by atoms with Crippen molar-refractivity contribution in [1.82, 2.24) is 0 Å². The number of carboxylic acid groups (broad SMARTS) is 1. The van der Waals surface area contributed by atoms with Crippen molar-refractivity contribution in [2.75, 3.05) is 10.6 Å². The number of nitrogens with one attached hydrogen (secondary N) is 2. The molecule has 1 aliphatic carbocycles. The van der Waals surface area contributed by atoms with Crippen molar-refractivity contribution < 1.29 is 14.7 Å². The largest absolute Gasteiger partial charge is 0.550 e. The van der Waals surface area contributed by atoms with Crippen molar-refractivity contribution in [3.05, 3.63) is 54.6 Å². The summed E-state index contributed by atoms with van der Waals surface area (Å²) in [7, 11) is 0. The zero-order valence-corrected chi connectivity index (χ0v) is 13.9. The standard InChI is InChI=1S/C20H22N2O3/c23-19(17-8-4-5-9-18(17)20(24)25)22-16-12-10-15(11-13-16)21-14-6-2-1-3-7-14/h1-3,6-7,10-13,17-18,21H,4-5,8-9H2,(H,22,23)(H,24,25)/p-1/t17-,18+/m0/s1. The Hall–Kier alpha value is -2.82. The Kier molecular flexibility index (Phi) is 5.33. The summed E-state index contributed by atoms with van der Waals surface area (Å²) in [6.07, 6.45) is 2.82. The average Bonchev–Trinajstić information content (AvgIpc) is 2.64. The normalized spacial score (nSPS) is 19.8. The van der Waals surface area contributed by atoms with Crippen molar-refractivity contribution in [1.29, 1.82) is 0 Å². The summed E-state index contributed by atoms with van der Waals surface area (Å²) in [5.41, 5.74) is 2.55. The van der Waals surface area contributed by atoms with Gasteiger partial charge in [-0.3, -0.25) is 4.79 Å². The molecule has 0 heterocycles. The fourth-order valence-electron chi connectivity index (χ4n) is 3.29. The third-order valence-electron chi connectivity index (χ3n) is 4.62. The van der Waals surface area contributed by atoms with Crippen LogP contribution in [0.5, 0.6) is 0 Å². The Labute approximate surface area is 147 Å². The van der Waals surface area contributed by atoms with Gasteiger partial charge in [0.15, 0.2) is 0 Å². The van der Waals surface area contributed by atoms with E-state index in [-0.39, 0.29) is 5.91 Å². The van der Waals surface area contributed by atoms with E-state index in [0.717, 1.165) is 24.2 Å². The maximum atomic E-state index is 12.4. The van der Waals surface area contributed by atoms with Crippen LogP contribution in [-0.4, -0.2) is 11.9 Å². The maximum Gasteiger partial charge on any atom is 0.228 e. The van der Waals surface area contributed by atoms with E-state index in [0.29, 0.717) is 18.5 Å². The summed E-state index contributed by atoms with van der Waals surface area (Å²) < 4.78 is 0. The summed E-state index contributed by atoms with van der Waals surface area (Å²) in [6, 6.07) is 17.2. The molecule has 25 heavy (non-hydrogen) atoms. The van der Waals surface area contributed by atoms with Crippen LogP contribution in [0, 0.1) is 11.8 Å². The first-order chi connectivity index (χ1) is 12.1. The number of hydrogen-bond donors (Lipinski definition) is 2. The van der Waals surface area contributed by atoms with Crippen molar-refractivity contribution in [3.63, 3.8) is 0 Å². The maximum absolute atomic E-state index is 12.4. The van der Waals surface area contributed by atoms with E-state index in [1.54, 1.807) is 12.1 Å². The van der Waals surface area contributed by atoms with Gasteiger partial charge in [0.1, 0.15) is 0 Å². The zero-order chi connectivity index (χ0) is 17.6. The molecular weight excluding hydrogens is 316 g/mol. The van der Waals surface area contributed by atoms with Gasteiger partial charge >= 0.3 is 0 Å². The highest BCUT2D eigenvalue weighted by molar-refractivity contribution is 5.95. The number of carboxylic acids is 1. The molecule has 2 atom stereocenters. The van der Waals surface area contributed by atoms with Crippen LogP contribution < -0.4 is 15.7 Å². The molecule has 2 aromatic carbocycles. The molecule has 5 nitrogen and oxygen atoms in total. The van der Waals surface area contributed by atoms with Gasteiger partial charge < -0.3 is 20.5 Å². The van der Waals surface area contributed by atoms with Crippen LogP contribution in [0.25, 0.3) is 0 Å². The fraction of sp³-hybridized carbons (Fsp3) is 0.300. The van der Waals surface area contributed by atoms with E-state index in [1.807, 2.05) is 42.5 Å². The zero-order valence-electron chi connectivity index (χ0n) is 13.9. The Morgan fingerprint density at radius 3 is 2.00 bits per heavy atom. The van der Waals surface area contributed by atoms with Crippen LogP contribution in [0.1, 0.15) is 25.7 Å². The summed E-state index contributed by atoms with van der Waals surface area (Å²) in [6.45, 7) is 0. The van der Waals surface area contributed by atoms with E-state index >= 15 is 0 Å². The SMILES string of the molecule is O=C(Nc1ccc(Nc2ccccc2)cc1)[C@H]1CCCC[C@H]1C(=O)[O-]. The van der Waals surface area contributed by atoms with E-state index in [9.17, 15) is 14.7 Å². The number of rotatable bonds is 5. The molecule has 0 unspecified atom stereocenters. The lowest BCUT2D eigenvalue weighted by Crippen LogP contribution is -2.42. The lowest BCUT2D eigenvalue weighted by atomic mass is 9.78. The van der Waals surface area contributed by atoms with Crippen LogP contribution in [0.4, 0.5) is 17.1 Å². The predicted octanol–water partition coefficient (Wildman–Crippen LogP) is 2.93. The number of anilines is 3. The minimum Gasteiger partial charge on any atom is -0.550 e. The second-order valence-corrected chi connectivity index (χ2v) is 6.37. The first kappa shape index (κ1) is 17.0. The first-order valence-corrected chi connectivity index (χ1v) is 8.57. The Morgan fingerprint density at radius 2 is 1.36 bits per heavy atom. The summed E-state index contributed by atoms with van der Waals surface area (Å²) in [5.74, 6) is -2.56. The van der Waals surface area contributed by atoms with Gasteiger partial charge in [-0.1, -0.05) is 31.0 Å². The minimum absolute atomic E-state index is 0.238. The van der Waals surface area contributed by atoms with Crippen LogP contribution in [0.15, 0.2) is 54.6 Å². The van der Waals surface area contributed by atoms with Crippen molar-refractivity contribution >= 4 is 28.9 Å². The molecule has 2 aromatic rings. The van der Waals surface area contributed by atoms with Crippen LogP contribution in [-0.2, 0) is 9.59 Å². The highest BCUT2D eigenvalue weighted by Gasteiger charge is 2.31. The van der Waals surface area contributed by atoms with Crippen LogP contribution in [0.3, 0.4) is 0 Å². The molecule has 1 amide bonds. The molecule has 1 saturated carbocycles. The highest BCUT2D eigenvalue weighted by Crippen LogP contribution is 2.31. The summed E-state index contributed by atoms with van der Waals surface area (Å²) in [4.78, 5) is 23.7. The molecule has 3 rings (SSSR count). The van der Waals surface area contributed by atoms with Gasteiger partial charge in [0.25, 0.3) is 0 Å². The van der Waals surface area contributed by atoms with Crippen LogP contribution >= 0.6 is 0 Å². The highest BCUT2D eigenvalue weighted by atomic mass is 16.4. The van der Waals surface area contributed by atoms with Crippen molar-refractivity contribution in [2.45, 2.75) is 25.7 Å². The number of hydrogen-bond acceptors (Lipinski definition) is 4. The van der Waals surface area contributed by atoms with Crippen molar-refractivity contribution in [3.8, 4) is 0 Å². The molecule has 1 aliphatic rings. The number of benzene rings is 2. The van der Waals surface area contributed by atoms with Gasteiger partial charge in [-0.2, -0.15) is 0 Å². The van der Waals surface area contributed by atoms with Gasteiger partial charge in [0, 0.05) is 34.9 Å². The molecule has 0 spiro atoms. The topological polar surface area (TPSA) is 81.3 Å². The minimum atomic E-state index is -1.12. The molecule has 0 aliphatic heterocycles. The van der Waals surface area contributed by atoms with Gasteiger partial charge in [0.2, 0.25) is 5.91 Å². The molecule has 130 valence electrons. The average molecular weight is 337 g/mol. The molecule has 0 saturated heterocycles. The molecule has 0 radical (unpaired) electrons. The van der Waals surface area contributed by atoms with Gasteiger partial charge in [-0.05, 0) is 49.2 Å². The quantitative estimate of drug-likeness (QED) is 0.879. The third-order valence-corrected chi connectivity index (χ3v) is 4.62. The molecule has 5 heteroatoms. The second-order valence-electron chi connectivity index (χ2n) is 6.37. The Balaban J connectivity index is 1.62.